The Morgan fingerprint density at radius 1 is 0.958 bits per heavy atom. The molecule has 0 fully saturated rings. The smallest absolute Gasteiger partial charge is 0.254 e. The van der Waals surface area contributed by atoms with Crippen LogP contribution in [0.15, 0.2) is 54.6 Å². The second-order valence-electron chi connectivity index (χ2n) is 5.97. The highest BCUT2D eigenvalue weighted by Gasteiger charge is 2.16. The zero-order chi connectivity index (χ0) is 17.4. The van der Waals surface area contributed by atoms with Gasteiger partial charge in [0.25, 0.3) is 5.91 Å². The number of ether oxygens (including phenoxy) is 1. The van der Waals surface area contributed by atoms with Crippen molar-refractivity contribution in [1.29, 1.82) is 0 Å². The van der Waals surface area contributed by atoms with Crippen LogP contribution in [0.3, 0.4) is 0 Å². The summed E-state index contributed by atoms with van der Waals surface area (Å²) in [7, 11) is 4.03. The van der Waals surface area contributed by atoms with E-state index < -0.39 is 0 Å². The molecule has 0 saturated heterocycles. The molecule has 1 amide bonds. The van der Waals surface area contributed by atoms with Gasteiger partial charge in [-0.15, -0.1) is 0 Å². The largest absolute Gasteiger partial charge is 0.494 e. The summed E-state index contributed by atoms with van der Waals surface area (Å²) in [5.41, 5.74) is 1.82. The molecule has 0 aromatic heterocycles. The zero-order valence-corrected chi connectivity index (χ0v) is 14.7. The molecule has 0 aliphatic heterocycles. The van der Waals surface area contributed by atoms with E-state index in [-0.39, 0.29) is 5.91 Å². The third-order valence-electron chi connectivity index (χ3n) is 3.73. The van der Waals surface area contributed by atoms with Gasteiger partial charge in [0.05, 0.1) is 6.61 Å². The predicted molar refractivity (Wildman–Crippen MR) is 97.3 cm³/mol. The van der Waals surface area contributed by atoms with Gasteiger partial charge in [0.1, 0.15) is 5.75 Å². The average Bonchev–Trinajstić information content (AvgIpc) is 2.60. The fraction of sp³-hybridized carbons (Fsp3) is 0.350. The van der Waals surface area contributed by atoms with Gasteiger partial charge in [-0.3, -0.25) is 4.79 Å². The Morgan fingerprint density at radius 2 is 1.62 bits per heavy atom. The third-order valence-corrected chi connectivity index (χ3v) is 3.73. The first-order valence-corrected chi connectivity index (χ1v) is 8.31. The van der Waals surface area contributed by atoms with Gasteiger partial charge >= 0.3 is 0 Å². The van der Waals surface area contributed by atoms with Crippen LogP contribution < -0.4 is 4.74 Å². The lowest BCUT2D eigenvalue weighted by atomic mass is 10.1. The van der Waals surface area contributed by atoms with E-state index in [2.05, 4.69) is 4.90 Å². The molecule has 2 rings (SSSR count). The van der Waals surface area contributed by atoms with Crippen molar-refractivity contribution in [2.75, 3.05) is 33.8 Å². The van der Waals surface area contributed by atoms with Crippen molar-refractivity contribution in [2.24, 2.45) is 0 Å². The van der Waals surface area contributed by atoms with Gasteiger partial charge in [0.2, 0.25) is 0 Å². The van der Waals surface area contributed by atoms with Crippen LogP contribution in [0.2, 0.25) is 0 Å². The Labute approximate surface area is 144 Å². The number of carbonyl (C=O) groups is 1. The molecule has 0 N–H and O–H groups in total. The number of hydrogen-bond donors (Lipinski definition) is 0. The first kappa shape index (κ1) is 18.0. The molecule has 24 heavy (non-hydrogen) atoms. The molecule has 0 radical (unpaired) electrons. The van der Waals surface area contributed by atoms with Crippen LogP contribution in [-0.2, 0) is 6.54 Å². The lowest BCUT2D eigenvalue weighted by Gasteiger charge is -2.25. The highest BCUT2D eigenvalue weighted by Crippen LogP contribution is 2.15. The Balaban J connectivity index is 2.13. The molecule has 4 nitrogen and oxygen atoms in total. The summed E-state index contributed by atoms with van der Waals surface area (Å²) in [6.45, 7) is 4.70. The van der Waals surface area contributed by atoms with E-state index in [0.717, 1.165) is 17.9 Å². The maximum atomic E-state index is 12.9. The van der Waals surface area contributed by atoms with Crippen molar-refractivity contribution in [3.63, 3.8) is 0 Å². The fourth-order valence-corrected chi connectivity index (χ4v) is 2.42. The van der Waals surface area contributed by atoms with Crippen LogP contribution in [0, 0.1) is 0 Å². The van der Waals surface area contributed by atoms with Crippen molar-refractivity contribution in [3.8, 4) is 5.75 Å². The number of likely N-dealkylation sites (N-methyl/N-ethyl adjacent to an activating group) is 1. The normalized spacial score (nSPS) is 10.7. The Hall–Kier alpha value is -2.33. The molecule has 0 spiro atoms. The number of hydrogen-bond acceptors (Lipinski definition) is 3. The van der Waals surface area contributed by atoms with Crippen LogP contribution in [-0.4, -0.2) is 49.5 Å². The van der Waals surface area contributed by atoms with E-state index in [0.29, 0.717) is 25.3 Å². The van der Waals surface area contributed by atoms with Gasteiger partial charge in [-0.1, -0.05) is 30.3 Å². The molecule has 2 aromatic rings. The van der Waals surface area contributed by atoms with Gasteiger partial charge < -0.3 is 14.5 Å². The Bertz CT molecular complexity index is 624. The van der Waals surface area contributed by atoms with Crippen molar-refractivity contribution >= 4 is 5.91 Å². The summed E-state index contributed by atoms with van der Waals surface area (Å²) in [6, 6.07) is 17.5. The minimum absolute atomic E-state index is 0.0451. The molecule has 0 heterocycles. The quantitative estimate of drug-likeness (QED) is 0.746. The summed E-state index contributed by atoms with van der Waals surface area (Å²) < 4.78 is 5.44. The van der Waals surface area contributed by atoms with E-state index in [1.165, 1.54) is 0 Å². The SMILES string of the molecule is CCOc1ccc(C(=O)N(CCN(C)C)Cc2ccccc2)cc1. The van der Waals surface area contributed by atoms with E-state index in [1.807, 2.05) is 80.5 Å². The third kappa shape index (κ3) is 5.39. The van der Waals surface area contributed by atoms with Gasteiger partial charge in [0.15, 0.2) is 0 Å². The molecule has 4 heteroatoms. The van der Waals surface area contributed by atoms with Crippen molar-refractivity contribution in [3.05, 3.63) is 65.7 Å². The zero-order valence-electron chi connectivity index (χ0n) is 14.7. The van der Waals surface area contributed by atoms with Crippen LogP contribution in [0.1, 0.15) is 22.8 Å². The fourth-order valence-electron chi connectivity index (χ4n) is 2.42. The van der Waals surface area contributed by atoms with E-state index >= 15 is 0 Å². The van der Waals surface area contributed by atoms with Gasteiger partial charge in [-0.2, -0.15) is 0 Å². The van der Waals surface area contributed by atoms with Crippen molar-refractivity contribution < 1.29 is 9.53 Å². The van der Waals surface area contributed by atoms with Gasteiger partial charge in [-0.25, -0.2) is 0 Å². The molecule has 0 atom stereocenters. The highest BCUT2D eigenvalue weighted by atomic mass is 16.5. The minimum atomic E-state index is 0.0451. The molecular weight excluding hydrogens is 300 g/mol. The number of benzene rings is 2. The second-order valence-corrected chi connectivity index (χ2v) is 5.97. The van der Waals surface area contributed by atoms with E-state index in [4.69, 9.17) is 4.74 Å². The topological polar surface area (TPSA) is 32.8 Å². The second kappa shape index (κ2) is 9.08. The van der Waals surface area contributed by atoms with E-state index in [1.54, 1.807) is 0 Å². The maximum absolute atomic E-state index is 12.9. The summed E-state index contributed by atoms with van der Waals surface area (Å²) in [6.07, 6.45) is 0. The maximum Gasteiger partial charge on any atom is 0.254 e. The molecule has 0 bridgehead atoms. The van der Waals surface area contributed by atoms with Gasteiger partial charge in [-0.05, 0) is 50.8 Å². The monoisotopic (exact) mass is 326 g/mol. The molecule has 0 unspecified atom stereocenters. The summed E-state index contributed by atoms with van der Waals surface area (Å²) >= 11 is 0. The number of carbonyl (C=O) groups excluding carboxylic acids is 1. The van der Waals surface area contributed by atoms with E-state index in [9.17, 15) is 4.79 Å². The summed E-state index contributed by atoms with van der Waals surface area (Å²) in [4.78, 5) is 16.9. The average molecular weight is 326 g/mol. The molecular formula is C20H26N2O2. The Morgan fingerprint density at radius 3 is 2.21 bits per heavy atom. The summed E-state index contributed by atoms with van der Waals surface area (Å²) in [5, 5.41) is 0. The predicted octanol–water partition coefficient (Wildman–Crippen LogP) is 3.29. The van der Waals surface area contributed by atoms with Gasteiger partial charge in [0, 0.05) is 25.2 Å². The van der Waals surface area contributed by atoms with Crippen LogP contribution in [0.25, 0.3) is 0 Å². The molecule has 0 aliphatic carbocycles. The molecule has 0 aliphatic rings. The molecule has 2 aromatic carbocycles. The van der Waals surface area contributed by atoms with Crippen LogP contribution in [0.5, 0.6) is 5.75 Å². The highest BCUT2D eigenvalue weighted by molar-refractivity contribution is 5.94. The lowest BCUT2D eigenvalue weighted by Crippen LogP contribution is -2.36. The first-order valence-electron chi connectivity index (χ1n) is 8.31. The van der Waals surface area contributed by atoms with Crippen molar-refractivity contribution in [2.45, 2.75) is 13.5 Å². The first-order chi connectivity index (χ1) is 11.6. The van der Waals surface area contributed by atoms with Crippen LogP contribution in [0.4, 0.5) is 0 Å². The standard InChI is InChI=1S/C20H26N2O2/c1-4-24-19-12-10-18(11-13-19)20(23)22(15-14-21(2)3)16-17-8-6-5-7-9-17/h5-13H,4,14-16H2,1-3H3. The summed E-state index contributed by atoms with van der Waals surface area (Å²) in [5.74, 6) is 0.834. The number of amides is 1. The van der Waals surface area contributed by atoms with Crippen molar-refractivity contribution in [1.82, 2.24) is 9.80 Å². The lowest BCUT2D eigenvalue weighted by molar-refractivity contribution is 0.0732. The number of rotatable bonds is 8. The molecule has 0 saturated carbocycles. The van der Waals surface area contributed by atoms with Crippen LogP contribution >= 0.6 is 0 Å². The number of nitrogens with zero attached hydrogens (tertiary/aromatic N) is 2. The Kier molecular flexibility index (Phi) is 6.82. The minimum Gasteiger partial charge on any atom is -0.494 e. The molecule has 128 valence electrons.